The van der Waals surface area contributed by atoms with Crippen molar-refractivity contribution >= 4 is 27.1 Å². The highest BCUT2D eigenvalue weighted by atomic mass is 32.2. The Morgan fingerprint density at radius 2 is 1.76 bits per heavy atom. The highest BCUT2D eigenvalue weighted by Crippen LogP contribution is 2.29. The van der Waals surface area contributed by atoms with E-state index < -0.39 is 20.7 Å². The van der Waals surface area contributed by atoms with E-state index in [0.717, 1.165) is 6.07 Å². The Morgan fingerprint density at radius 3 is 2.38 bits per heavy atom. The zero-order chi connectivity index (χ0) is 15.6. The monoisotopic (exact) mass is 309 g/mol. The number of sulfonamides is 1. The summed E-state index contributed by atoms with van der Waals surface area (Å²) >= 11 is 0. The largest absolute Gasteiger partial charge is 0.398 e. The van der Waals surface area contributed by atoms with Crippen molar-refractivity contribution < 1.29 is 12.8 Å². The number of nitrogen functional groups attached to an aromatic ring is 1. The van der Waals surface area contributed by atoms with E-state index in [1.165, 1.54) is 12.1 Å². The number of para-hydroxylation sites is 2. The summed E-state index contributed by atoms with van der Waals surface area (Å²) in [5.74, 6) is -0.884. The number of hydrogen-bond acceptors (Lipinski definition) is 4. The molecular formula is C14H16FN3O2S. The number of benzene rings is 2. The first-order valence-corrected chi connectivity index (χ1v) is 7.64. The van der Waals surface area contributed by atoms with E-state index in [4.69, 9.17) is 5.73 Å². The van der Waals surface area contributed by atoms with Crippen molar-refractivity contribution in [1.29, 1.82) is 0 Å². The van der Waals surface area contributed by atoms with E-state index in [1.807, 2.05) is 0 Å². The molecule has 2 aromatic rings. The van der Waals surface area contributed by atoms with Crippen molar-refractivity contribution in [2.45, 2.75) is 4.90 Å². The molecule has 0 amide bonds. The topological polar surface area (TPSA) is 75.4 Å². The summed E-state index contributed by atoms with van der Waals surface area (Å²) in [4.78, 5) is 1.21. The van der Waals surface area contributed by atoms with Gasteiger partial charge < -0.3 is 10.6 Å². The zero-order valence-corrected chi connectivity index (χ0v) is 12.5. The first-order valence-electron chi connectivity index (χ1n) is 6.16. The molecule has 0 spiro atoms. The summed E-state index contributed by atoms with van der Waals surface area (Å²) in [7, 11) is -0.543. The lowest BCUT2D eigenvalue weighted by atomic mass is 10.2. The van der Waals surface area contributed by atoms with Gasteiger partial charge in [-0.1, -0.05) is 18.2 Å². The molecule has 0 aliphatic rings. The average molecular weight is 309 g/mol. The molecule has 0 saturated heterocycles. The Labute approximate surface area is 123 Å². The van der Waals surface area contributed by atoms with Gasteiger partial charge in [-0.15, -0.1) is 0 Å². The van der Waals surface area contributed by atoms with Gasteiger partial charge >= 0.3 is 0 Å². The van der Waals surface area contributed by atoms with Crippen LogP contribution in [0.4, 0.5) is 21.5 Å². The minimum Gasteiger partial charge on any atom is -0.398 e. The van der Waals surface area contributed by atoms with E-state index in [2.05, 4.69) is 4.72 Å². The lowest BCUT2D eigenvalue weighted by Gasteiger charge is -2.18. The number of nitrogens with two attached hydrogens (primary N) is 1. The van der Waals surface area contributed by atoms with Crippen LogP contribution in [-0.4, -0.2) is 22.5 Å². The predicted octanol–water partition coefficient (Wildman–Crippen LogP) is 2.27. The molecule has 0 aromatic heterocycles. The molecule has 0 aliphatic carbocycles. The lowest BCUT2D eigenvalue weighted by Crippen LogP contribution is -2.19. The van der Waals surface area contributed by atoms with Crippen LogP contribution in [0, 0.1) is 5.82 Å². The maximum absolute atomic E-state index is 13.8. The number of rotatable bonds is 4. The summed E-state index contributed by atoms with van der Waals surface area (Å²) in [6.07, 6.45) is 0. The van der Waals surface area contributed by atoms with Gasteiger partial charge in [0.2, 0.25) is 0 Å². The van der Waals surface area contributed by atoms with E-state index in [9.17, 15) is 12.8 Å². The van der Waals surface area contributed by atoms with Crippen molar-refractivity contribution in [3.8, 4) is 0 Å². The molecule has 0 aliphatic heterocycles. The molecule has 0 saturated carbocycles. The zero-order valence-electron chi connectivity index (χ0n) is 11.7. The van der Waals surface area contributed by atoms with Crippen LogP contribution in [0.25, 0.3) is 0 Å². The third-order valence-electron chi connectivity index (χ3n) is 2.90. The molecule has 112 valence electrons. The Kier molecular flexibility index (Phi) is 4.04. The van der Waals surface area contributed by atoms with E-state index >= 15 is 0 Å². The standard InChI is InChI=1S/C14H16FN3O2S/c1-18(2)13-9-4-3-8-12(13)17-21(19,20)14-10(15)6-5-7-11(14)16/h3-9,17H,16H2,1-2H3. The number of nitrogens with zero attached hydrogens (tertiary/aromatic N) is 1. The summed E-state index contributed by atoms with van der Waals surface area (Å²) in [6.45, 7) is 0. The maximum Gasteiger partial charge on any atom is 0.266 e. The summed E-state index contributed by atoms with van der Waals surface area (Å²) in [5, 5.41) is 0. The Bertz CT molecular complexity index is 740. The molecule has 0 fully saturated rings. The van der Waals surface area contributed by atoms with Crippen LogP contribution in [0.15, 0.2) is 47.4 Å². The van der Waals surface area contributed by atoms with Gasteiger partial charge in [0.05, 0.1) is 17.1 Å². The molecule has 21 heavy (non-hydrogen) atoms. The number of halogens is 1. The second kappa shape index (κ2) is 5.61. The van der Waals surface area contributed by atoms with E-state index in [-0.39, 0.29) is 5.69 Å². The Balaban J connectivity index is 2.48. The van der Waals surface area contributed by atoms with Gasteiger partial charge in [0.1, 0.15) is 10.7 Å². The summed E-state index contributed by atoms with van der Waals surface area (Å²) < 4.78 is 40.9. The minimum absolute atomic E-state index is 0.134. The third kappa shape index (κ3) is 3.08. The Morgan fingerprint density at radius 1 is 1.10 bits per heavy atom. The molecule has 0 bridgehead atoms. The molecule has 0 heterocycles. The van der Waals surface area contributed by atoms with Crippen LogP contribution in [0.2, 0.25) is 0 Å². The molecule has 0 unspecified atom stereocenters. The molecule has 0 radical (unpaired) electrons. The van der Waals surface area contributed by atoms with Crippen molar-refractivity contribution in [1.82, 2.24) is 0 Å². The van der Waals surface area contributed by atoms with Crippen molar-refractivity contribution in [3.05, 3.63) is 48.3 Å². The van der Waals surface area contributed by atoms with Crippen LogP contribution in [-0.2, 0) is 10.0 Å². The Hall–Kier alpha value is -2.28. The van der Waals surface area contributed by atoms with Gasteiger partial charge in [0.15, 0.2) is 0 Å². The number of anilines is 3. The van der Waals surface area contributed by atoms with Gasteiger partial charge in [-0.2, -0.15) is 0 Å². The lowest BCUT2D eigenvalue weighted by molar-refractivity contribution is 0.572. The first-order chi connectivity index (χ1) is 9.83. The fourth-order valence-corrected chi connectivity index (χ4v) is 3.22. The van der Waals surface area contributed by atoms with E-state index in [1.54, 1.807) is 43.3 Å². The van der Waals surface area contributed by atoms with Crippen molar-refractivity contribution in [2.75, 3.05) is 29.5 Å². The first kappa shape index (κ1) is 15.1. The maximum atomic E-state index is 13.8. The molecule has 2 aromatic carbocycles. The van der Waals surface area contributed by atoms with Crippen LogP contribution in [0.3, 0.4) is 0 Å². The molecule has 0 atom stereocenters. The summed E-state index contributed by atoms with van der Waals surface area (Å²) in [6, 6.07) is 10.6. The summed E-state index contributed by atoms with van der Waals surface area (Å²) in [5.41, 5.74) is 6.47. The molecular weight excluding hydrogens is 293 g/mol. The highest BCUT2D eigenvalue weighted by molar-refractivity contribution is 7.93. The molecule has 5 nitrogen and oxygen atoms in total. The second-order valence-corrected chi connectivity index (χ2v) is 6.29. The molecule has 7 heteroatoms. The fourth-order valence-electron chi connectivity index (χ4n) is 1.95. The normalized spacial score (nSPS) is 11.2. The van der Waals surface area contributed by atoms with Crippen molar-refractivity contribution in [3.63, 3.8) is 0 Å². The fraction of sp³-hybridized carbons (Fsp3) is 0.143. The van der Waals surface area contributed by atoms with Crippen LogP contribution >= 0.6 is 0 Å². The van der Waals surface area contributed by atoms with Gasteiger partial charge in [-0.05, 0) is 24.3 Å². The smallest absolute Gasteiger partial charge is 0.266 e. The number of hydrogen-bond donors (Lipinski definition) is 2. The van der Waals surface area contributed by atoms with Crippen LogP contribution < -0.4 is 15.4 Å². The van der Waals surface area contributed by atoms with Gasteiger partial charge in [0, 0.05) is 14.1 Å². The van der Waals surface area contributed by atoms with Crippen molar-refractivity contribution in [2.24, 2.45) is 0 Å². The van der Waals surface area contributed by atoms with Gasteiger partial charge in [-0.3, -0.25) is 4.72 Å². The number of nitrogens with one attached hydrogen (secondary N) is 1. The van der Waals surface area contributed by atoms with Crippen LogP contribution in [0.5, 0.6) is 0 Å². The molecule has 3 N–H and O–H groups in total. The second-order valence-electron chi connectivity index (χ2n) is 4.68. The molecule has 2 rings (SSSR count). The predicted molar refractivity (Wildman–Crippen MR) is 82.4 cm³/mol. The van der Waals surface area contributed by atoms with Gasteiger partial charge in [0.25, 0.3) is 10.0 Å². The minimum atomic E-state index is -4.11. The average Bonchev–Trinajstić information content (AvgIpc) is 2.37. The SMILES string of the molecule is CN(C)c1ccccc1NS(=O)(=O)c1c(N)cccc1F. The van der Waals surface area contributed by atoms with Crippen LogP contribution in [0.1, 0.15) is 0 Å². The quantitative estimate of drug-likeness (QED) is 0.850. The van der Waals surface area contributed by atoms with Gasteiger partial charge in [-0.25, -0.2) is 12.8 Å². The third-order valence-corrected chi connectivity index (χ3v) is 4.35. The highest BCUT2D eigenvalue weighted by Gasteiger charge is 2.23. The van der Waals surface area contributed by atoms with E-state index in [0.29, 0.717) is 11.4 Å².